The number of pyridine rings is 1. The molecule has 3 N–H and O–H groups in total. The van der Waals surface area contributed by atoms with Crippen molar-refractivity contribution < 1.29 is 13.6 Å². The van der Waals surface area contributed by atoms with Gasteiger partial charge in [-0.25, -0.2) is 8.78 Å². The number of halogens is 2. The van der Waals surface area contributed by atoms with Crippen LogP contribution in [0, 0.1) is 17.6 Å². The summed E-state index contributed by atoms with van der Waals surface area (Å²) in [6, 6.07) is 5.05. The highest BCUT2D eigenvalue weighted by Gasteiger charge is 2.46. The lowest BCUT2D eigenvalue weighted by Crippen LogP contribution is -2.45. The number of hydrogen-bond acceptors (Lipinski definition) is 4. The third-order valence-corrected chi connectivity index (χ3v) is 7.25. The van der Waals surface area contributed by atoms with Crippen LogP contribution in [0.15, 0.2) is 30.5 Å². The summed E-state index contributed by atoms with van der Waals surface area (Å²) >= 11 is 0. The minimum Gasteiger partial charge on any atom is -0.367 e. The van der Waals surface area contributed by atoms with Gasteiger partial charge in [-0.1, -0.05) is 0 Å². The molecule has 2 aromatic rings. The van der Waals surface area contributed by atoms with E-state index in [2.05, 4.69) is 10.3 Å². The Kier molecular flexibility index (Phi) is 4.77. The van der Waals surface area contributed by atoms with Crippen molar-refractivity contribution in [2.75, 3.05) is 18.0 Å². The average Bonchev–Trinajstić information content (AvgIpc) is 3.40. The van der Waals surface area contributed by atoms with Gasteiger partial charge in [-0.2, -0.15) is 0 Å². The smallest absolute Gasteiger partial charge is 0.253 e. The SMILES string of the molecule is C[C@]1(N)CCN(c2c(C(=O)NC34CCC(CC3)C4)ccnc2-c2cc(F)cc(F)c2)C1. The molecule has 2 saturated carbocycles. The number of aromatic nitrogens is 1. The molecule has 7 heteroatoms. The molecule has 2 heterocycles. The quantitative estimate of drug-likeness (QED) is 0.775. The Morgan fingerprint density at radius 1 is 1.19 bits per heavy atom. The molecule has 0 spiro atoms. The van der Waals surface area contributed by atoms with Crippen LogP contribution in [0.5, 0.6) is 0 Å². The van der Waals surface area contributed by atoms with E-state index in [4.69, 9.17) is 5.73 Å². The summed E-state index contributed by atoms with van der Waals surface area (Å²) in [4.78, 5) is 20.0. The third kappa shape index (κ3) is 3.80. The van der Waals surface area contributed by atoms with Gasteiger partial charge in [-0.05, 0) is 69.6 Å². The van der Waals surface area contributed by atoms with Crippen LogP contribution in [-0.4, -0.2) is 35.1 Å². The molecule has 1 atom stereocenters. The van der Waals surface area contributed by atoms with Crippen molar-refractivity contribution in [3.8, 4) is 11.3 Å². The number of hydrogen-bond donors (Lipinski definition) is 2. The molecule has 1 amide bonds. The minimum absolute atomic E-state index is 0.124. The Balaban J connectivity index is 1.58. The summed E-state index contributed by atoms with van der Waals surface area (Å²) in [5, 5.41) is 3.31. The lowest BCUT2D eigenvalue weighted by atomic mass is 9.93. The highest BCUT2D eigenvalue weighted by Crippen LogP contribution is 2.48. The Hall–Kier alpha value is -2.54. The van der Waals surface area contributed by atoms with Gasteiger partial charge in [-0.3, -0.25) is 9.78 Å². The molecule has 5 rings (SSSR count). The predicted octanol–water partition coefficient (Wildman–Crippen LogP) is 4.02. The maximum absolute atomic E-state index is 14.0. The molecule has 1 aromatic carbocycles. The standard InChI is InChI=1S/C24H28F2N4O/c1-23(27)7-9-30(14-23)21-19(22(31)29-24-5-2-15(13-24)3-6-24)4-8-28-20(21)16-10-17(25)12-18(26)11-16/h4,8,10-12,15H,2-3,5-7,9,13-14,27H2,1H3,(H,29,31)/t15?,23-,24?/m0/s1. The van der Waals surface area contributed by atoms with Crippen molar-refractivity contribution in [3.05, 3.63) is 47.7 Å². The first-order valence-electron chi connectivity index (χ1n) is 11.1. The van der Waals surface area contributed by atoms with Crippen LogP contribution in [-0.2, 0) is 0 Å². The second kappa shape index (κ2) is 7.26. The van der Waals surface area contributed by atoms with Gasteiger partial charge in [0.25, 0.3) is 5.91 Å². The van der Waals surface area contributed by atoms with Crippen LogP contribution >= 0.6 is 0 Å². The molecule has 3 fully saturated rings. The van der Waals surface area contributed by atoms with Crippen molar-refractivity contribution in [2.45, 2.75) is 56.5 Å². The number of anilines is 1. The number of nitrogens with two attached hydrogens (primary N) is 1. The van der Waals surface area contributed by atoms with Crippen molar-refractivity contribution in [1.29, 1.82) is 0 Å². The maximum atomic E-state index is 14.0. The number of nitrogens with one attached hydrogen (secondary N) is 1. The fourth-order valence-electron chi connectivity index (χ4n) is 5.71. The van der Waals surface area contributed by atoms with Gasteiger partial charge in [-0.15, -0.1) is 0 Å². The molecule has 2 aliphatic carbocycles. The first kappa shape index (κ1) is 20.4. The number of fused-ring (bicyclic) bond motifs is 2. The molecule has 1 aliphatic heterocycles. The van der Waals surface area contributed by atoms with Crippen LogP contribution in [0.3, 0.4) is 0 Å². The summed E-state index contributed by atoms with van der Waals surface area (Å²) in [5.74, 6) is -0.794. The molecule has 1 aromatic heterocycles. The van der Waals surface area contributed by atoms with Gasteiger partial charge in [0.1, 0.15) is 11.6 Å². The summed E-state index contributed by atoms with van der Waals surface area (Å²) in [5.41, 5.74) is 7.63. The van der Waals surface area contributed by atoms with E-state index in [9.17, 15) is 13.6 Å². The van der Waals surface area contributed by atoms with Crippen molar-refractivity contribution in [1.82, 2.24) is 10.3 Å². The average molecular weight is 427 g/mol. The number of nitrogens with zero attached hydrogens (tertiary/aromatic N) is 2. The Morgan fingerprint density at radius 3 is 2.48 bits per heavy atom. The lowest BCUT2D eigenvalue weighted by molar-refractivity contribution is 0.0901. The largest absolute Gasteiger partial charge is 0.367 e. The van der Waals surface area contributed by atoms with Gasteiger partial charge in [0.2, 0.25) is 0 Å². The molecule has 2 bridgehead atoms. The molecule has 5 nitrogen and oxygen atoms in total. The molecule has 164 valence electrons. The van der Waals surface area contributed by atoms with Crippen molar-refractivity contribution in [3.63, 3.8) is 0 Å². The van der Waals surface area contributed by atoms with Crippen molar-refractivity contribution in [2.24, 2.45) is 11.7 Å². The van der Waals surface area contributed by atoms with Crippen LogP contribution in [0.1, 0.15) is 55.8 Å². The van der Waals surface area contributed by atoms with Gasteiger partial charge in [0.05, 0.1) is 16.9 Å². The summed E-state index contributed by atoms with van der Waals surface area (Å²) in [6.45, 7) is 3.16. The Bertz CT molecular complexity index is 1010. The molecule has 31 heavy (non-hydrogen) atoms. The highest BCUT2D eigenvalue weighted by molar-refractivity contribution is 6.03. The van der Waals surface area contributed by atoms with Gasteiger partial charge >= 0.3 is 0 Å². The number of rotatable bonds is 4. The minimum atomic E-state index is -0.676. The first-order chi connectivity index (χ1) is 14.7. The molecule has 0 unspecified atom stereocenters. The predicted molar refractivity (Wildman–Crippen MR) is 116 cm³/mol. The van der Waals surface area contributed by atoms with Gasteiger partial charge < -0.3 is 16.0 Å². The van der Waals surface area contributed by atoms with E-state index in [0.717, 1.165) is 44.6 Å². The van der Waals surface area contributed by atoms with E-state index in [-0.39, 0.29) is 11.4 Å². The topological polar surface area (TPSA) is 71.2 Å². The third-order valence-electron chi connectivity index (χ3n) is 7.25. The normalized spacial score (nSPS) is 29.5. The number of carbonyl (C=O) groups is 1. The second-order valence-electron chi connectivity index (χ2n) is 9.92. The van der Waals surface area contributed by atoms with E-state index in [1.165, 1.54) is 18.3 Å². The highest BCUT2D eigenvalue weighted by atomic mass is 19.1. The van der Waals surface area contributed by atoms with E-state index in [0.29, 0.717) is 41.5 Å². The first-order valence-corrected chi connectivity index (χ1v) is 11.1. The summed E-state index contributed by atoms with van der Waals surface area (Å²) in [6.07, 6.45) is 7.67. The number of carbonyl (C=O) groups excluding carboxylic acids is 1. The monoisotopic (exact) mass is 426 g/mol. The number of benzene rings is 1. The van der Waals surface area contributed by atoms with E-state index >= 15 is 0 Å². The Labute approximate surface area is 181 Å². The van der Waals surface area contributed by atoms with Gasteiger partial charge in [0.15, 0.2) is 0 Å². The molecular formula is C24H28F2N4O. The fourth-order valence-corrected chi connectivity index (χ4v) is 5.71. The van der Waals surface area contributed by atoms with E-state index < -0.39 is 17.2 Å². The van der Waals surface area contributed by atoms with Crippen LogP contribution in [0.2, 0.25) is 0 Å². The maximum Gasteiger partial charge on any atom is 0.253 e. The molecule has 1 saturated heterocycles. The Morgan fingerprint density at radius 2 is 1.90 bits per heavy atom. The zero-order valence-electron chi connectivity index (χ0n) is 17.8. The van der Waals surface area contributed by atoms with Crippen LogP contribution < -0.4 is 16.0 Å². The summed E-state index contributed by atoms with van der Waals surface area (Å²) < 4.78 is 28.0. The van der Waals surface area contributed by atoms with E-state index in [1.807, 2.05) is 11.8 Å². The molecule has 3 aliphatic rings. The second-order valence-corrected chi connectivity index (χ2v) is 9.92. The molecule has 0 radical (unpaired) electrons. The van der Waals surface area contributed by atoms with E-state index in [1.54, 1.807) is 6.07 Å². The lowest BCUT2D eigenvalue weighted by Gasteiger charge is -2.30. The molecular weight excluding hydrogens is 398 g/mol. The zero-order chi connectivity index (χ0) is 21.8. The summed E-state index contributed by atoms with van der Waals surface area (Å²) in [7, 11) is 0. The van der Waals surface area contributed by atoms with Crippen LogP contribution in [0.4, 0.5) is 14.5 Å². The van der Waals surface area contributed by atoms with Crippen molar-refractivity contribution >= 4 is 11.6 Å². The number of amides is 1. The fraction of sp³-hybridized carbons (Fsp3) is 0.500. The van der Waals surface area contributed by atoms with Crippen LogP contribution in [0.25, 0.3) is 11.3 Å². The van der Waals surface area contributed by atoms with Gasteiger partial charge in [0, 0.05) is 42.0 Å². The zero-order valence-corrected chi connectivity index (χ0v) is 17.8.